The predicted molar refractivity (Wildman–Crippen MR) is 107 cm³/mol. The van der Waals surface area contributed by atoms with Crippen LogP contribution >= 0.6 is 22.9 Å². The highest BCUT2D eigenvalue weighted by atomic mass is 35.5. The quantitative estimate of drug-likeness (QED) is 0.731. The molecule has 1 saturated heterocycles. The van der Waals surface area contributed by atoms with Gasteiger partial charge in [-0.1, -0.05) is 25.4 Å². The van der Waals surface area contributed by atoms with Gasteiger partial charge in [-0.05, 0) is 18.9 Å². The molecule has 2 aromatic heterocycles. The Morgan fingerprint density at radius 3 is 2.69 bits per heavy atom. The zero-order chi connectivity index (χ0) is 18.7. The van der Waals surface area contributed by atoms with E-state index in [1.807, 2.05) is 23.4 Å². The highest BCUT2D eigenvalue weighted by Crippen LogP contribution is 2.23. The molecular formula is C18H24ClN5OS. The Hall–Kier alpha value is -1.86. The lowest BCUT2D eigenvalue weighted by Gasteiger charge is -2.34. The second-order valence-corrected chi connectivity index (χ2v) is 8.06. The van der Waals surface area contributed by atoms with Crippen molar-refractivity contribution >= 4 is 40.1 Å². The minimum atomic E-state index is 0.0101. The van der Waals surface area contributed by atoms with Crippen LogP contribution in [-0.2, 0) is 11.3 Å². The number of thiazole rings is 1. The Kier molecular flexibility index (Phi) is 5.98. The van der Waals surface area contributed by atoms with Gasteiger partial charge in [0, 0.05) is 55.9 Å². The van der Waals surface area contributed by atoms with Gasteiger partial charge in [0.25, 0.3) is 0 Å². The molecule has 3 heterocycles. The van der Waals surface area contributed by atoms with Gasteiger partial charge in [-0.25, -0.2) is 4.98 Å². The van der Waals surface area contributed by atoms with Crippen molar-refractivity contribution in [3.8, 4) is 0 Å². The van der Waals surface area contributed by atoms with E-state index in [1.54, 1.807) is 28.2 Å². The first-order chi connectivity index (χ1) is 12.5. The lowest BCUT2D eigenvalue weighted by molar-refractivity contribution is -0.126. The standard InChI is InChI=1S/C18H24ClN5OS/c1-13(2)12-24-17(19)15(14(3)21-24)4-5-16(25)22-7-9-23(10-8-22)18-20-6-11-26-18/h4-6,11,13H,7-10,12H2,1-3H3/b5-4+. The fraction of sp³-hybridized carbons (Fsp3) is 0.500. The second kappa shape index (κ2) is 8.22. The Morgan fingerprint density at radius 2 is 2.08 bits per heavy atom. The average Bonchev–Trinajstić information content (AvgIpc) is 3.23. The molecule has 1 aliphatic rings. The largest absolute Gasteiger partial charge is 0.345 e. The molecule has 0 bridgehead atoms. The first kappa shape index (κ1) is 18.9. The normalized spacial score (nSPS) is 15.4. The van der Waals surface area contributed by atoms with Crippen molar-refractivity contribution in [3.63, 3.8) is 0 Å². The number of aryl methyl sites for hydroxylation is 1. The molecule has 140 valence electrons. The number of carbonyl (C=O) groups is 1. The molecule has 0 N–H and O–H groups in total. The highest BCUT2D eigenvalue weighted by molar-refractivity contribution is 7.13. The van der Waals surface area contributed by atoms with E-state index in [9.17, 15) is 4.79 Å². The maximum Gasteiger partial charge on any atom is 0.246 e. The number of hydrogen-bond donors (Lipinski definition) is 0. The van der Waals surface area contributed by atoms with Crippen LogP contribution in [0.1, 0.15) is 25.1 Å². The number of hydrogen-bond acceptors (Lipinski definition) is 5. The number of amides is 1. The molecule has 0 aromatic carbocycles. The average molecular weight is 394 g/mol. The smallest absolute Gasteiger partial charge is 0.246 e. The van der Waals surface area contributed by atoms with Gasteiger partial charge < -0.3 is 9.80 Å². The van der Waals surface area contributed by atoms with Gasteiger partial charge in [0.2, 0.25) is 5.91 Å². The van der Waals surface area contributed by atoms with Crippen LogP contribution in [0.25, 0.3) is 6.08 Å². The number of nitrogens with zero attached hydrogens (tertiary/aromatic N) is 5. The third-order valence-electron chi connectivity index (χ3n) is 4.32. The van der Waals surface area contributed by atoms with Gasteiger partial charge >= 0.3 is 0 Å². The number of rotatable bonds is 5. The van der Waals surface area contributed by atoms with Crippen LogP contribution in [0, 0.1) is 12.8 Å². The third kappa shape index (κ3) is 4.27. The summed E-state index contributed by atoms with van der Waals surface area (Å²) in [5.41, 5.74) is 1.66. The van der Waals surface area contributed by atoms with Crippen LogP contribution in [0.4, 0.5) is 5.13 Å². The van der Waals surface area contributed by atoms with Gasteiger partial charge in [-0.3, -0.25) is 9.48 Å². The molecule has 1 fully saturated rings. The summed E-state index contributed by atoms with van der Waals surface area (Å²) in [6.45, 7) is 9.93. The van der Waals surface area contributed by atoms with Gasteiger partial charge in [0.1, 0.15) is 5.15 Å². The Balaban J connectivity index is 1.61. The highest BCUT2D eigenvalue weighted by Gasteiger charge is 2.21. The van der Waals surface area contributed by atoms with E-state index >= 15 is 0 Å². The van der Waals surface area contributed by atoms with Gasteiger partial charge in [-0.15, -0.1) is 11.3 Å². The summed E-state index contributed by atoms with van der Waals surface area (Å²) in [5, 5.41) is 8.06. The number of piperazine rings is 1. The van der Waals surface area contributed by atoms with Crippen LogP contribution in [0.3, 0.4) is 0 Å². The molecule has 8 heteroatoms. The summed E-state index contributed by atoms with van der Waals surface area (Å²) in [5.74, 6) is 0.468. The zero-order valence-electron chi connectivity index (χ0n) is 15.4. The SMILES string of the molecule is Cc1nn(CC(C)C)c(Cl)c1/C=C/C(=O)N1CCN(c2nccs2)CC1. The number of aromatic nitrogens is 3. The lowest BCUT2D eigenvalue weighted by Crippen LogP contribution is -2.48. The summed E-state index contributed by atoms with van der Waals surface area (Å²) in [7, 11) is 0. The van der Waals surface area contributed by atoms with Gasteiger partial charge in [-0.2, -0.15) is 5.10 Å². The van der Waals surface area contributed by atoms with Crippen molar-refractivity contribution in [2.24, 2.45) is 5.92 Å². The van der Waals surface area contributed by atoms with E-state index in [2.05, 4.69) is 28.8 Å². The van der Waals surface area contributed by atoms with Crippen molar-refractivity contribution in [1.82, 2.24) is 19.7 Å². The molecule has 0 unspecified atom stereocenters. The lowest BCUT2D eigenvalue weighted by atomic mass is 10.2. The molecule has 0 spiro atoms. The van der Waals surface area contributed by atoms with Crippen molar-refractivity contribution in [3.05, 3.63) is 34.1 Å². The van der Waals surface area contributed by atoms with Gasteiger partial charge in [0.05, 0.1) is 5.69 Å². The maximum atomic E-state index is 12.5. The summed E-state index contributed by atoms with van der Waals surface area (Å²) in [4.78, 5) is 20.9. The van der Waals surface area contributed by atoms with E-state index in [1.165, 1.54) is 0 Å². The Bertz CT molecular complexity index is 776. The molecule has 0 atom stereocenters. The molecule has 1 aliphatic heterocycles. The van der Waals surface area contributed by atoms with Crippen molar-refractivity contribution in [2.45, 2.75) is 27.3 Å². The van der Waals surface area contributed by atoms with Gasteiger partial charge in [0.15, 0.2) is 5.13 Å². The van der Waals surface area contributed by atoms with E-state index in [-0.39, 0.29) is 5.91 Å². The molecule has 26 heavy (non-hydrogen) atoms. The van der Waals surface area contributed by atoms with Crippen LogP contribution < -0.4 is 4.90 Å². The zero-order valence-corrected chi connectivity index (χ0v) is 16.9. The summed E-state index contributed by atoms with van der Waals surface area (Å²) < 4.78 is 1.80. The fourth-order valence-corrected chi connectivity index (χ4v) is 3.98. The molecule has 0 saturated carbocycles. The Morgan fingerprint density at radius 1 is 1.35 bits per heavy atom. The topological polar surface area (TPSA) is 54.3 Å². The van der Waals surface area contributed by atoms with Crippen LogP contribution in [0.15, 0.2) is 17.7 Å². The molecule has 6 nitrogen and oxygen atoms in total. The van der Waals surface area contributed by atoms with Crippen molar-refractivity contribution in [1.29, 1.82) is 0 Å². The molecule has 0 aliphatic carbocycles. The molecule has 2 aromatic rings. The summed E-state index contributed by atoms with van der Waals surface area (Å²) in [6, 6.07) is 0. The van der Waals surface area contributed by atoms with Crippen LogP contribution in [-0.4, -0.2) is 51.8 Å². The first-order valence-electron chi connectivity index (χ1n) is 8.80. The van der Waals surface area contributed by atoms with Crippen LogP contribution in [0.5, 0.6) is 0 Å². The number of carbonyl (C=O) groups excluding carboxylic acids is 1. The summed E-state index contributed by atoms with van der Waals surface area (Å²) in [6.07, 6.45) is 5.21. The summed E-state index contributed by atoms with van der Waals surface area (Å²) >= 11 is 8.06. The minimum absolute atomic E-state index is 0.0101. The van der Waals surface area contributed by atoms with Crippen LogP contribution in [0.2, 0.25) is 5.15 Å². The second-order valence-electron chi connectivity index (χ2n) is 6.83. The van der Waals surface area contributed by atoms with Crippen molar-refractivity contribution in [2.75, 3.05) is 31.1 Å². The van der Waals surface area contributed by atoms with E-state index in [0.29, 0.717) is 24.2 Å². The Labute approximate surface area is 163 Å². The molecular weight excluding hydrogens is 370 g/mol. The van der Waals surface area contributed by atoms with E-state index in [4.69, 9.17) is 11.6 Å². The molecule has 0 radical (unpaired) electrons. The predicted octanol–water partition coefficient (Wildman–Crippen LogP) is 3.32. The maximum absolute atomic E-state index is 12.5. The van der Waals surface area contributed by atoms with E-state index < -0.39 is 0 Å². The number of anilines is 1. The molecule has 3 rings (SSSR count). The third-order valence-corrected chi connectivity index (χ3v) is 5.55. The number of halogens is 1. The van der Waals surface area contributed by atoms with E-state index in [0.717, 1.165) is 36.0 Å². The minimum Gasteiger partial charge on any atom is -0.345 e. The monoisotopic (exact) mass is 393 g/mol. The first-order valence-corrected chi connectivity index (χ1v) is 10.1. The fourth-order valence-electron chi connectivity index (χ4n) is 2.97. The molecule has 1 amide bonds. The van der Waals surface area contributed by atoms with Crippen molar-refractivity contribution < 1.29 is 4.79 Å².